The summed E-state index contributed by atoms with van der Waals surface area (Å²) < 4.78 is 30.0. The first kappa shape index (κ1) is 75.4. The number of nitrogens with zero attached hydrogens (tertiary/aromatic N) is 2. The van der Waals surface area contributed by atoms with Crippen molar-refractivity contribution in [1.82, 2.24) is 67.4 Å². The molecule has 3 aromatic heterocycles. The van der Waals surface area contributed by atoms with Gasteiger partial charge in [0.15, 0.2) is 0 Å². The molecule has 2 bridgehead atoms. The van der Waals surface area contributed by atoms with Crippen LogP contribution in [-0.2, 0) is 85.1 Å². The number of aromatic amines is 3. The minimum absolute atomic E-state index is 0.000134. The number of aromatic hydroxyl groups is 1. The molecule has 0 radical (unpaired) electrons. The van der Waals surface area contributed by atoms with E-state index < -0.39 is 144 Å². The van der Waals surface area contributed by atoms with E-state index in [1.165, 1.54) is 91.0 Å². The summed E-state index contributed by atoms with van der Waals surface area (Å²) in [7, 11) is 0. The van der Waals surface area contributed by atoms with E-state index in [-0.39, 0.29) is 85.1 Å². The van der Waals surface area contributed by atoms with Crippen LogP contribution in [0.4, 0.5) is 8.78 Å². The van der Waals surface area contributed by atoms with Gasteiger partial charge in [-0.1, -0.05) is 36.4 Å². The van der Waals surface area contributed by atoms with Gasteiger partial charge in [0.25, 0.3) is 0 Å². The van der Waals surface area contributed by atoms with Crippen molar-refractivity contribution in [2.24, 2.45) is 5.73 Å². The third-order valence-corrected chi connectivity index (χ3v) is 19.8. The molecule has 2 aliphatic heterocycles. The molecule has 7 aromatic rings. The van der Waals surface area contributed by atoms with Gasteiger partial charge in [-0.2, -0.15) is 23.5 Å². The number of phenolic OH excluding ortho intramolecular Hbond substituents is 1. The second-order valence-corrected chi connectivity index (χ2v) is 27.6. The SMILES string of the molecule is C[C@H](O)[C@H]1NC(=O)[C@H](CCCCN)NC(=O)CCSCc2cccc(c2)CSCCNC(=O)[C@]2(C)CCCN2C(=O)[C@H](Cc2ccc(O)cc2)NC(=O)[C@H](Cc2cnc[nH]2)NC(=O)[C@H](CC(=O)O)NC(=O)[C@H](Cc2c[nH]c3ccc(F)cc23)NC(=O)[C@H](Cc2c[nH]c3ccc(F)cc23)NC1=O. The number of unbranched alkanes of at least 4 members (excludes halogenated alkanes) is 1. The highest BCUT2D eigenvalue weighted by atomic mass is 32.2. The summed E-state index contributed by atoms with van der Waals surface area (Å²) in [5.74, 6) is -9.10. The number of benzene rings is 4. The third kappa shape index (κ3) is 20.7. The van der Waals surface area contributed by atoms with E-state index in [1.807, 2.05) is 24.3 Å². The Morgan fingerprint density at radius 2 is 1.23 bits per heavy atom. The van der Waals surface area contributed by atoms with E-state index in [0.29, 0.717) is 58.9 Å². The van der Waals surface area contributed by atoms with E-state index in [2.05, 4.69) is 62.5 Å². The molecule has 9 amide bonds. The van der Waals surface area contributed by atoms with Crippen LogP contribution in [0.3, 0.4) is 0 Å². The van der Waals surface area contributed by atoms with Crippen LogP contribution in [-0.4, -0.2) is 184 Å². The van der Waals surface area contributed by atoms with Crippen molar-refractivity contribution >= 4 is 104 Å². The number of carboxylic acid groups (broad SMARTS) is 1. The van der Waals surface area contributed by atoms with Crippen LogP contribution in [0.2, 0.25) is 0 Å². The lowest BCUT2D eigenvalue weighted by Crippen LogP contribution is -2.63. The Hall–Kier alpha value is -9.85. The molecule has 9 rings (SSSR count). The zero-order valence-corrected chi connectivity index (χ0v) is 57.3. The summed E-state index contributed by atoms with van der Waals surface area (Å²) in [4.78, 5) is 159. The number of halogens is 2. The number of phenols is 1. The van der Waals surface area contributed by atoms with Crippen LogP contribution < -0.4 is 48.3 Å². The molecule has 9 atom stereocenters. The number of aliphatic hydroxyl groups is 1. The summed E-state index contributed by atoms with van der Waals surface area (Å²) in [6, 6.07) is 9.60. The molecular weight excluding hydrogens is 1350 g/mol. The lowest BCUT2D eigenvalue weighted by molar-refractivity contribution is -0.146. The molecule has 0 spiro atoms. The van der Waals surface area contributed by atoms with E-state index >= 15 is 18.8 Å². The number of H-pyrrole nitrogens is 3. The number of fused-ring (bicyclic) bond motifs is 5. The highest BCUT2D eigenvalue weighted by Crippen LogP contribution is 2.31. The van der Waals surface area contributed by atoms with E-state index in [4.69, 9.17) is 5.73 Å². The third-order valence-electron chi connectivity index (χ3n) is 17.8. The van der Waals surface area contributed by atoms with E-state index in [9.17, 15) is 53.3 Å². The fraction of sp³-hybridized carbons (Fsp3) is 0.414. The van der Waals surface area contributed by atoms with Crippen LogP contribution >= 0.6 is 23.5 Å². The second-order valence-electron chi connectivity index (χ2n) is 25.4. The van der Waals surface area contributed by atoms with Crippen LogP contribution in [0.5, 0.6) is 5.75 Å². The largest absolute Gasteiger partial charge is 0.508 e. The normalized spacial score (nSPS) is 23.1. The fourth-order valence-electron chi connectivity index (χ4n) is 12.3. The predicted molar refractivity (Wildman–Crippen MR) is 374 cm³/mol. The Bertz CT molecular complexity index is 4100. The Morgan fingerprint density at radius 1 is 0.663 bits per heavy atom. The molecule has 5 heterocycles. The molecule has 4 aromatic carbocycles. The van der Waals surface area contributed by atoms with Crippen molar-refractivity contribution in [3.05, 3.63) is 155 Å². The van der Waals surface area contributed by atoms with Gasteiger partial charge in [0.1, 0.15) is 65.2 Å². The number of hydrogen-bond acceptors (Lipinski definition) is 16. The number of aliphatic carboxylic acids is 1. The number of imidazole rings is 1. The average molecular weight is 1430 g/mol. The van der Waals surface area contributed by atoms with Gasteiger partial charge in [0.2, 0.25) is 53.2 Å². The molecule has 2 aliphatic rings. The number of amides is 9. The monoisotopic (exact) mass is 1430 g/mol. The van der Waals surface area contributed by atoms with Crippen LogP contribution in [0.15, 0.2) is 110 Å². The number of nitrogens with two attached hydrogens (primary N) is 1. The summed E-state index contributed by atoms with van der Waals surface area (Å²) >= 11 is 3.07. The van der Waals surface area contributed by atoms with Gasteiger partial charge < -0.3 is 83.4 Å². The maximum Gasteiger partial charge on any atom is 0.305 e. The Labute approximate surface area is 588 Å². The molecule has 0 saturated carbocycles. The smallest absolute Gasteiger partial charge is 0.305 e. The predicted octanol–water partition coefficient (Wildman–Crippen LogP) is 3.07. The molecule has 16 N–H and O–H groups in total. The van der Waals surface area contributed by atoms with Crippen molar-refractivity contribution in [2.75, 3.05) is 31.1 Å². The van der Waals surface area contributed by atoms with Crippen molar-refractivity contribution in [1.29, 1.82) is 0 Å². The Kier molecular flexibility index (Phi) is 26.5. The van der Waals surface area contributed by atoms with Gasteiger partial charge in [0.05, 0.1) is 18.9 Å². The molecule has 1 fully saturated rings. The maximum absolute atomic E-state index is 15.2. The van der Waals surface area contributed by atoms with E-state index in [0.717, 1.165) is 17.2 Å². The molecule has 0 aliphatic carbocycles. The zero-order chi connectivity index (χ0) is 72.3. The van der Waals surface area contributed by atoms with E-state index in [1.54, 1.807) is 30.8 Å². The number of carbonyl (C=O) groups excluding carboxylic acids is 9. The lowest BCUT2D eigenvalue weighted by Gasteiger charge is -2.36. The molecule has 538 valence electrons. The molecule has 31 heteroatoms. The van der Waals surface area contributed by atoms with Crippen molar-refractivity contribution in [3.8, 4) is 5.75 Å². The second kappa shape index (κ2) is 35.5. The Morgan fingerprint density at radius 3 is 1.81 bits per heavy atom. The first-order valence-electron chi connectivity index (χ1n) is 33.3. The zero-order valence-electron chi connectivity index (χ0n) is 55.7. The first-order chi connectivity index (χ1) is 48.4. The quantitative estimate of drug-likeness (QED) is 0.0656. The standard InChI is InChI=1S/C70H84F2N14O13S2/c1-39(87)61-67(97)83-55(28-44-34-77-52-17-13-46(72)30-50(44)52)64(94)80-54(27-43-33-76-51-16-12-45(71)29-49(43)51)63(93)82-57(32-60(90)91)66(96)81-56(31-47-35-74-38-78-47)65(95)84-58(26-40-10-14-48(88)15-11-40)68(98)86-22-6-19-70(86,2)69(99)75-21-24-101-37-42-8-5-7-41(25-42)36-100-23-18-59(89)79-53(62(92)85-61)9-3-4-20-73/h5,7-8,10-17,25,29-30,33-35,38-39,53-58,61,76-77,87-88H,3-4,6,9,18-24,26-28,31-32,36-37,73H2,1-2H3,(H,74,78)(H,75,99)(H,79,89)(H,80,94)(H,81,96)(H,82,93)(H,83,97)(H,84,95)(H,85,92)(H,90,91)/t39-,53-,54-,55-,56-,57-,58-,61+,70-/m0/s1. The minimum Gasteiger partial charge on any atom is -0.508 e. The number of carbonyl (C=O) groups is 10. The molecular formula is C70H84F2N14O13S2. The number of aromatic nitrogens is 4. The molecule has 27 nitrogen and oxygen atoms in total. The molecule has 101 heavy (non-hydrogen) atoms. The Balaban J connectivity index is 1.07. The average Bonchev–Trinajstić information content (AvgIpc) is 1.69. The highest BCUT2D eigenvalue weighted by Gasteiger charge is 2.48. The summed E-state index contributed by atoms with van der Waals surface area (Å²) in [6.07, 6.45) is 2.90. The van der Waals surface area contributed by atoms with Crippen LogP contribution in [0, 0.1) is 11.6 Å². The summed E-state index contributed by atoms with van der Waals surface area (Å²) in [5.41, 5.74) is 8.51. The van der Waals surface area contributed by atoms with Gasteiger partial charge in [0, 0.05) is 114 Å². The number of hydrogen-bond donors (Lipinski definition) is 15. The first-order valence-corrected chi connectivity index (χ1v) is 35.6. The van der Waals surface area contributed by atoms with Crippen LogP contribution in [0.25, 0.3) is 21.8 Å². The van der Waals surface area contributed by atoms with Crippen molar-refractivity contribution in [2.45, 2.75) is 150 Å². The topological polar surface area (TPSA) is 417 Å². The number of carboxylic acids is 1. The maximum atomic E-state index is 15.2. The number of nitrogens with one attached hydrogen (secondary N) is 11. The summed E-state index contributed by atoms with van der Waals surface area (Å²) in [6.45, 7) is 3.49. The summed E-state index contributed by atoms with van der Waals surface area (Å²) in [5, 5.41) is 53.6. The number of thioether (sulfide) groups is 2. The van der Waals surface area contributed by atoms with Gasteiger partial charge >= 0.3 is 5.97 Å². The van der Waals surface area contributed by atoms with Crippen molar-refractivity contribution in [3.63, 3.8) is 0 Å². The molecule has 0 unspecified atom stereocenters. The minimum atomic E-state index is -2.05. The highest BCUT2D eigenvalue weighted by molar-refractivity contribution is 7.98. The lowest BCUT2D eigenvalue weighted by atomic mass is 9.95. The number of aliphatic hydroxyl groups excluding tert-OH is 1. The van der Waals surface area contributed by atoms with Gasteiger partial charge in [-0.05, 0) is 129 Å². The van der Waals surface area contributed by atoms with Gasteiger partial charge in [-0.15, -0.1) is 0 Å². The fourth-order valence-corrected chi connectivity index (χ4v) is 14.0. The van der Waals surface area contributed by atoms with Crippen molar-refractivity contribution < 1.29 is 72.0 Å². The molecule has 1 saturated heterocycles. The van der Waals surface area contributed by atoms with Gasteiger partial charge in [-0.25, -0.2) is 13.8 Å². The number of rotatable bonds is 15. The van der Waals surface area contributed by atoms with Gasteiger partial charge in [-0.3, -0.25) is 47.9 Å². The van der Waals surface area contributed by atoms with Crippen LogP contribution in [0.1, 0.15) is 92.3 Å².